The predicted octanol–water partition coefficient (Wildman–Crippen LogP) is 3.30. The molecule has 0 spiro atoms. The third kappa shape index (κ3) is 5.21. The van der Waals surface area contributed by atoms with Gasteiger partial charge in [-0.25, -0.2) is 0 Å². The standard InChI is InChI=1S/C15H23ClN2O/c1-5-15(3,4)18-14(19)10-17-11(2)12-8-6-7-9-13(12)16/h6-9,11,17H,5,10H2,1-4H3,(H,18,19)/t11-/m1/s1. The monoisotopic (exact) mass is 282 g/mol. The lowest BCUT2D eigenvalue weighted by Gasteiger charge is -2.25. The van der Waals surface area contributed by atoms with Crippen molar-refractivity contribution < 1.29 is 4.79 Å². The highest BCUT2D eigenvalue weighted by Crippen LogP contribution is 2.21. The second kappa shape index (κ2) is 6.92. The molecule has 1 rings (SSSR count). The molecule has 0 aliphatic carbocycles. The zero-order valence-electron chi connectivity index (χ0n) is 12.1. The molecule has 4 heteroatoms. The maximum atomic E-state index is 11.8. The fraction of sp³-hybridized carbons (Fsp3) is 0.533. The molecule has 0 fully saturated rings. The van der Waals surface area contributed by atoms with E-state index >= 15 is 0 Å². The fourth-order valence-corrected chi connectivity index (χ4v) is 1.99. The van der Waals surface area contributed by atoms with Crippen LogP contribution in [0.5, 0.6) is 0 Å². The molecule has 1 aromatic carbocycles. The van der Waals surface area contributed by atoms with Gasteiger partial charge in [0.15, 0.2) is 0 Å². The van der Waals surface area contributed by atoms with E-state index in [1.807, 2.05) is 45.0 Å². The maximum Gasteiger partial charge on any atom is 0.234 e. The van der Waals surface area contributed by atoms with Gasteiger partial charge in [0.05, 0.1) is 6.54 Å². The third-order valence-corrected chi connectivity index (χ3v) is 3.65. The van der Waals surface area contributed by atoms with E-state index in [1.165, 1.54) is 0 Å². The molecule has 0 saturated heterocycles. The molecule has 1 aromatic rings. The number of hydrogen-bond donors (Lipinski definition) is 2. The van der Waals surface area contributed by atoms with Crippen molar-refractivity contribution in [2.75, 3.05) is 6.54 Å². The van der Waals surface area contributed by atoms with Crippen molar-refractivity contribution >= 4 is 17.5 Å². The maximum absolute atomic E-state index is 11.8. The molecule has 1 amide bonds. The van der Waals surface area contributed by atoms with Crippen LogP contribution in [-0.2, 0) is 4.79 Å². The lowest BCUT2D eigenvalue weighted by molar-refractivity contribution is -0.122. The predicted molar refractivity (Wildman–Crippen MR) is 80.4 cm³/mol. The SMILES string of the molecule is CCC(C)(C)NC(=O)CN[C@H](C)c1ccccc1Cl. The quantitative estimate of drug-likeness (QED) is 0.841. The van der Waals surface area contributed by atoms with Crippen molar-refractivity contribution in [1.82, 2.24) is 10.6 Å². The van der Waals surface area contributed by atoms with Crippen molar-refractivity contribution in [3.05, 3.63) is 34.9 Å². The van der Waals surface area contributed by atoms with Crippen molar-refractivity contribution in [1.29, 1.82) is 0 Å². The van der Waals surface area contributed by atoms with Gasteiger partial charge in [-0.1, -0.05) is 36.7 Å². The summed E-state index contributed by atoms with van der Waals surface area (Å²) in [6, 6.07) is 7.71. The molecule has 0 unspecified atom stereocenters. The third-order valence-electron chi connectivity index (χ3n) is 3.30. The minimum Gasteiger partial charge on any atom is -0.350 e. The second-order valence-electron chi connectivity index (χ2n) is 5.41. The molecule has 2 N–H and O–H groups in total. The van der Waals surface area contributed by atoms with E-state index in [2.05, 4.69) is 17.6 Å². The minimum absolute atomic E-state index is 0.00533. The van der Waals surface area contributed by atoms with Gasteiger partial charge < -0.3 is 10.6 Å². The lowest BCUT2D eigenvalue weighted by atomic mass is 10.0. The molecule has 0 aliphatic rings. The first kappa shape index (κ1) is 16.0. The van der Waals surface area contributed by atoms with E-state index in [-0.39, 0.29) is 24.0 Å². The van der Waals surface area contributed by atoms with Crippen molar-refractivity contribution in [3.63, 3.8) is 0 Å². The van der Waals surface area contributed by atoms with Crippen LogP contribution in [0.3, 0.4) is 0 Å². The number of benzene rings is 1. The summed E-state index contributed by atoms with van der Waals surface area (Å²) < 4.78 is 0. The summed E-state index contributed by atoms with van der Waals surface area (Å²) in [7, 11) is 0. The normalized spacial score (nSPS) is 13.1. The zero-order chi connectivity index (χ0) is 14.5. The Labute approximate surface area is 120 Å². The molecular weight excluding hydrogens is 260 g/mol. The van der Waals surface area contributed by atoms with Crippen LogP contribution >= 0.6 is 11.6 Å². The summed E-state index contributed by atoms with van der Waals surface area (Å²) in [5.74, 6) is 0.00533. The van der Waals surface area contributed by atoms with Gasteiger partial charge in [-0.2, -0.15) is 0 Å². The van der Waals surface area contributed by atoms with Crippen LogP contribution in [0.15, 0.2) is 24.3 Å². The molecule has 19 heavy (non-hydrogen) atoms. The minimum atomic E-state index is -0.160. The van der Waals surface area contributed by atoms with Gasteiger partial charge in [0.25, 0.3) is 0 Å². The van der Waals surface area contributed by atoms with Gasteiger partial charge in [0.1, 0.15) is 0 Å². The van der Waals surface area contributed by atoms with Crippen LogP contribution in [0.25, 0.3) is 0 Å². The molecule has 106 valence electrons. The number of nitrogens with one attached hydrogen (secondary N) is 2. The van der Waals surface area contributed by atoms with E-state index < -0.39 is 0 Å². The highest BCUT2D eigenvalue weighted by Gasteiger charge is 2.18. The van der Waals surface area contributed by atoms with E-state index in [9.17, 15) is 4.79 Å². The van der Waals surface area contributed by atoms with Crippen LogP contribution in [0, 0.1) is 0 Å². The average molecular weight is 283 g/mol. The summed E-state index contributed by atoms with van der Waals surface area (Å²) in [5, 5.41) is 6.90. The molecule has 0 heterocycles. The smallest absolute Gasteiger partial charge is 0.234 e. The largest absolute Gasteiger partial charge is 0.350 e. The molecule has 0 saturated carbocycles. The van der Waals surface area contributed by atoms with Crippen LogP contribution in [-0.4, -0.2) is 18.0 Å². The highest BCUT2D eigenvalue weighted by molar-refractivity contribution is 6.31. The van der Waals surface area contributed by atoms with Crippen LogP contribution in [0.4, 0.5) is 0 Å². The number of halogens is 1. The Morgan fingerprint density at radius 1 is 1.37 bits per heavy atom. The number of hydrogen-bond acceptors (Lipinski definition) is 2. The lowest BCUT2D eigenvalue weighted by Crippen LogP contribution is -2.46. The number of amides is 1. The second-order valence-corrected chi connectivity index (χ2v) is 5.82. The summed E-state index contributed by atoms with van der Waals surface area (Å²) in [6.07, 6.45) is 0.902. The highest BCUT2D eigenvalue weighted by atomic mass is 35.5. The molecular formula is C15H23ClN2O. The molecule has 0 aromatic heterocycles. The first-order valence-corrected chi connectivity index (χ1v) is 7.02. The van der Waals surface area contributed by atoms with Crippen LogP contribution in [0.2, 0.25) is 5.02 Å². The molecule has 3 nitrogen and oxygen atoms in total. The van der Waals surface area contributed by atoms with Gasteiger partial charge in [0.2, 0.25) is 5.91 Å². The molecule has 0 radical (unpaired) electrons. The number of carbonyl (C=O) groups is 1. The Bertz CT molecular complexity index is 432. The van der Waals surface area contributed by atoms with E-state index in [0.29, 0.717) is 0 Å². The molecule has 0 aliphatic heterocycles. The van der Waals surface area contributed by atoms with E-state index in [4.69, 9.17) is 11.6 Å². The number of rotatable bonds is 6. The van der Waals surface area contributed by atoms with E-state index in [1.54, 1.807) is 0 Å². The van der Waals surface area contributed by atoms with Crippen molar-refractivity contribution in [3.8, 4) is 0 Å². The zero-order valence-corrected chi connectivity index (χ0v) is 12.8. The molecule has 1 atom stereocenters. The summed E-state index contributed by atoms with van der Waals surface area (Å²) >= 11 is 6.12. The molecule has 0 bridgehead atoms. The van der Waals surface area contributed by atoms with Crippen LogP contribution < -0.4 is 10.6 Å². The first-order chi connectivity index (χ1) is 8.85. The Balaban J connectivity index is 2.49. The Morgan fingerprint density at radius 2 is 2.00 bits per heavy atom. The van der Waals surface area contributed by atoms with Crippen molar-refractivity contribution in [2.24, 2.45) is 0 Å². The van der Waals surface area contributed by atoms with Gasteiger partial charge in [-0.05, 0) is 38.8 Å². The van der Waals surface area contributed by atoms with Crippen LogP contribution in [0.1, 0.15) is 45.7 Å². The first-order valence-electron chi connectivity index (χ1n) is 6.64. The van der Waals surface area contributed by atoms with Gasteiger partial charge >= 0.3 is 0 Å². The van der Waals surface area contributed by atoms with Crippen molar-refractivity contribution in [2.45, 2.75) is 45.7 Å². The topological polar surface area (TPSA) is 41.1 Å². The summed E-state index contributed by atoms with van der Waals surface area (Å²) in [4.78, 5) is 11.8. The van der Waals surface area contributed by atoms with Gasteiger partial charge in [-0.3, -0.25) is 4.79 Å². The Kier molecular flexibility index (Phi) is 5.83. The Hall–Kier alpha value is -1.06. The summed E-state index contributed by atoms with van der Waals surface area (Å²) in [6.45, 7) is 8.38. The summed E-state index contributed by atoms with van der Waals surface area (Å²) in [5.41, 5.74) is 0.846. The van der Waals surface area contributed by atoms with E-state index in [0.717, 1.165) is 17.0 Å². The average Bonchev–Trinajstić information content (AvgIpc) is 2.36. The van der Waals surface area contributed by atoms with Gasteiger partial charge in [-0.15, -0.1) is 0 Å². The Morgan fingerprint density at radius 3 is 2.58 bits per heavy atom. The fourth-order valence-electron chi connectivity index (χ4n) is 1.69. The van der Waals surface area contributed by atoms with Gasteiger partial charge in [0, 0.05) is 16.6 Å². The number of carbonyl (C=O) groups excluding carboxylic acids is 1.